The van der Waals surface area contributed by atoms with E-state index in [1.54, 1.807) is 4.68 Å². The molecular formula is C26H33ClF2N8. The van der Waals surface area contributed by atoms with Gasteiger partial charge in [0.25, 0.3) is 0 Å². The van der Waals surface area contributed by atoms with Gasteiger partial charge in [-0.15, -0.1) is 12.4 Å². The standard InChI is InChI=1S/C26H32F2N8.ClH/c1-17-18(14-30-36(17)25-13-20(15-33(2)3)31-26(29)32-25)5-4-8-34-9-10-35-21(16-34)6-7-22-23(28)11-19(27)12-24(22)35;/h4-5,11-14,21H,6-10,15-16H2,1-3H3,(H2,29,31,32);1H/b5-4+;. The van der Waals surface area contributed by atoms with Crippen LogP contribution in [0.3, 0.4) is 0 Å². The van der Waals surface area contributed by atoms with Crippen molar-refractivity contribution in [2.24, 2.45) is 0 Å². The van der Waals surface area contributed by atoms with Crippen LogP contribution in [0.4, 0.5) is 20.4 Å². The highest BCUT2D eigenvalue weighted by Crippen LogP contribution is 2.35. The topological polar surface area (TPSA) is 79.3 Å². The highest BCUT2D eigenvalue weighted by molar-refractivity contribution is 5.85. The van der Waals surface area contributed by atoms with Crippen LogP contribution >= 0.6 is 12.4 Å². The molecule has 2 aliphatic rings. The van der Waals surface area contributed by atoms with Crippen molar-refractivity contribution in [3.63, 3.8) is 0 Å². The number of hydrogen-bond donors (Lipinski definition) is 1. The molecule has 0 saturated carbocycles. The van der Waals surface area contributed by atoms with Crippen LogP contribution in [-0.2, 0) is 13.0 Å². The van der Waals surface area contributed by atoms with Gasteiger partial charge >= 0.3 is 0 Å². The molecule has 4 heterocycles. The maximum Gasteiger partial charge on any atom is 0.222 e. The number of halogens is 3. The third-order valence-corrected chi connectivity index (χ3v) is 6.93. The predicted molar refractivity (Wildman–Crippen MR) is 144 cm³/mol. The van der Waals surface area contributed by atoms with Gasteiger partial charge in [0.2, 0.25) is 5.95 Å². The van der Waals surface area contributed by atoms with E-state index in [9.17, 15) is 8.78 Å². The molecule has 0 bridgehead atoms. The highest BCUT2D eigenvalue weighted by Gasteiger charge is 2.33. The van der Waals surface area contributed by atoms with Gasteiger partial charge < -0.3 is 15.5 Å². The molecular weight excluding hydrogens is 498 g/mol. The van der Waals surface area contributed by atoms with Crippen molar-refractivity contribution in [3.05, 3.63) is 64.6 Å². The second-order valence-electron chi connectivity index (χ2n) is 9.84. The lowest BCUT2D eigenvalue weighted by Gasteiger charge is -2.46. The zero-order valence-corrected chi connectivity index (χ0v) is 22.2. The van der Waals surface area contributed by atoms with E-state index >= 15 is 0 Å². The first-order valence-electron chi connectivity index (χ1n) is 12.2. The molecule has 8 nitrogen and oxygen atoms in total. The number of aromatic nitrogens is 4. The Balaban J connectivity index is 0.00000320. The Kier molecular flexibility index (Phi) is 8.11. The smallest absolute Gasteiger partial charge is 0.222 e. The molecule has 2 aliphatic heterocycles. The number of benzene rings is 1. The lowest BCUT2D eigenvalue weighted by molar-refractivity contribution is 0.233. The summed E-state index contributed by atoms with van der Waals surface area (Å²) in [6, 6.07) is 4.65. The van der Waals surface area contributed by atoms with Gasteiger partial charge in [-0.1, -0.05) is 12.2 Å². The summed E-state index contributed by atoms with van der Waals surface area (Å²) in [5, 5.41) is 4.53. The maximum atomic E-state index is 14.2. The van der Waals surface area contributed by atoms with Crippen LogP contribution in [0.1, 0.15) is 28.9 Å². The lowest BCUT2D eigenvalue weighted by atomic mass is 9.93. The Morgan fingerprint density at radius 1 is 1.16 bits per heavy atom. The summed E-state index contributed by atoms with van der Waals surface area (Å²) in [4.78, 5) is 15.3. The predicted octanol–water partition coefficient (Wildman–Crippen LogP) is 3.46. The minimum atomic E-state index is -0.508. The van der Waals surface area contributed by atoms with Crippen LogP contribution in [-0.4, -0.2) is 75.9 Å². The van der Waals surface area contributed by atoms with Crippen LogP contribution in [0.15, 0.2) is 30.5 Å². The molecule has 3 aromatic rings. The Morgan fingerprint density at radius 2 is 1.97 bits per heavy atom. The molecule has 1 aromatic carbocycles. The summed E-state index contributed by atoms with van der Waals surface area (Å²) in [5.74, 6) is -0.0561. The molecule has 37 heavy (non-hydrogen) atoms. The minimum Gasteiger partial charge on any atom is -0.368 e. The SMILES string of the molecule is Cc1c(/C=C/CN2CCN3c4cc(F)cc(F)c4CCC3C2)cnn1-c1cc(CN(C)C)nc(N)n1.Cl. The molecule has 0 aliphatic carbocycles. The fraction of sp³-hybridized carbons (Fsp3) is 0.423. The largest absolute Gasteiger partial charge is 0.368 e. The molecule has 2 aromatic heterocycles. The van der Waals surface area contributed by atoms with Crippen LogP contribution < -0.4 is 10.6 Å². The van der Waals surface area contributed by atoms with E-state index < -0.39 is 11.6 Å². The summed E-state index contributed by atoms with van der Waals surface area (Å²) in [6.45, 7) is 5.94. The van der Waals surface area contributed by atoms with Crippen molar-refractivity contribution in [1.82, 2.24) is 29.5 Å². The molecule has 1 fully saturated rings. The number of nitrogen functional groups attached to an aromatic ring is 1. The summed E-state index contributed by atoms with van der Waals surface area (Å²) in [5.41, 5.74) is 10.1. The van der Waals surface area contributed by atoms with Gasteiger partial charge in [-0.2, -0.15) is 10.1 Å². The van der Waals surface area contributed by atoms with Gasteiger partial charge in [0.15, 0.2) is 5.82 Å². The average Bonchev–Trinajstić information content (AvgIpc) is 3.18. The van der Waals surface area contributed by atoms with E-state index in [0.717, 1.165) is 61.3 Å². The molecule has 0 spiro atoms. The van der Waals surface area contributed by atoms with Gasteiger partial charge in [-0.05, 0) is 39.9 Å². The van der Waals surface area contributed by atoms with Crippen LogP contribution in [0.5, 0.6) is 0 Å². The molecule has 0 radical (unpaired) electrons. The number of anilines is 2. The van der Waals surface area contributed by atoms with Crippen LogP contribution in [0.2, 0.25) is 0 Å². The van der Waals surface area contributed by atoms with Gasteiger partial charge in [0, 0.05) is 67.7 Å². The number of hydrogen-bond acceptors (Lipinski definition) is 7. The molecule has 1 atom stereocenters. The molecule has 2 N–H and O–H groups in total. The Labute approximate surface area is 222 Å². The zero-order chi connectivity index (χ0) is 25.4. The van der Waals surface area contributed by atoms with E-state index in [4.69, 9.17) is 5.73 Å². The van der Waals surface area contributed by atoms with Crippen LogP contribution in [0, 0.1) is 18.6 Å². The lowest BCUT2D eigenvalue weighted by Crippen LogP contribution is -2.55. The van der Waals surface area contributed by atoms with Gasteiger partial charge in [-0.25, -0.2) is 18.4 Å². The van der Waals surface area contributed by atoms with Gasteiger partial charge in [-0.3, -0.25) is 4.90 Å². The van der Waals surface area contributed by atoms with E-state index in [0.29, 0.717) is 24.3 Å². The van der Waals surface area contributed by atoms with Gasteiger partial charge in [0.1, 0.15) is 11.6 Å². The van der Waals surface area contributed by atoms with Crippen LogP contribution in [0.25, 0.3) is 11.9 Å². The molecule has 11 heteroatoms. The first kappa shape index (κ1) is 27.0. The first-order chi connectivity index (χ1) is 17.3. The summed E-state index contributed by atoms with van der Waals surface area (Å²) < 4.78 is 29.8. The Morgan fingerprint density at radius 3 is 2.76 bits per heavy atom. The van der Waals surface area contributed by atoms with E-state index in [2.05, 4.69) is 37.0 Å². The maximum absolute atomic E-state index is 14.2. The third kappa shape index (κ3) is 5.76. The minimum absolute atomic E-state index is 0. The highest BCUT2D eigenvalue weighted by atomic mass is 35.5. The zero-order valence-electron chi connectivity index (χ0n) is 21.4. The monoisotopic (exact) mass is 530 g/mol. The first-order valence-corrected chi connectivity index (χ1v) is 12.2. The third-order valence-electron chi connectivity index (χ3n) is 6.93. The Bertz CT molecular complexity index is 1290. The fourth-order valence-corrected chi connectivity index (χ4v) is 5.22. The number of fused-ring (bicyclic) bond motifs is 3. The van der Waals surface area contributed by atoms with Gasteiger partial charge in [0.05, 0.1) is 17.6 Å². The number of rotatable bonds is 6. The second-order valence-corrected chi connectivity index (χ2v) is 9.84. The van der Waals surface area contributed by atoms with E-state index in [-0.39, 0.29) is 24.4 Å². The van der Waals surface area contributed by atoms with Crippen molar-refractivity contribution in [3.8, 4) is 5.82 Å². The van der Waals surface area contributed by atoms with E-state index in [1.807, 2.05) is 38.2 Å². The number of nitrogens with two attached hydrogens (primary N) is 1. The molecule has 5 rings (SSSR count). The summed E-state index contributed by atoms with van der Waals surface area (Å²) >= 11 is 0. The van der Waals surface area contributed by atoms with Crippen molar-refractivity contribution in [2.75, 3.05) is 50.9 Å². The number of piperazine rings is 1. The van der Waals surface area contributed by atoms with Crippen molar-refractivity contribution in [2.45, 2.75) is 32.4 Å². The van der Waals surface area contributed by atoms with Crippen molar-refractivity contribution >= 4 is 30.1 Å². The molecule has 198 valence electrons. The molecule has 0 amide bonds. The molecule has 1 saturated heterocycles. The molecule has 1 unspecified atom stereocenters. The average molecular weight is 531 g/mol. The normalized spacial score (nSPS) is 17.7. The number of nitrogens with zero attached hydrogens (tertiary/aromatic N) is 7. The van der Waals surface area contributed by atoms with Crippen molar-refractivity contribution in [1.29, 1.82) is 0 Å². The van der Waals surface area contributed by atoms with E-state index in [1.165, 1.54) is 6.07 Å². The van der Waals surface area contributed by atoms with Crippen molar-refractivity contribution < 1.29 is 8.78 Å². The summed E-state index contributed by atoms with van der Waals surface area (Å²) in [7, 11) is 3.96. The quantitative estimate of drug-likeness (QED) is 0.523. The second kappa shape index (κ2) is 11.1. The Hall–Kier alpha value is -3.08. The summed E-state index contributed by atoms with van der Waals surface area (Å²) in [6.07, 6.45) is 7.58. The fourth-order valence-electron chi connectivity index (χ4n) is 5.22.